The summed E-state index contributed by atoms with van der Waals surface area (Å²) in [4.78, 5) is 15.4. The lowest BCUT2D eigenvalue weighted by atomic mass is 9.92. The number of amides is 1. The molecule has 118 valence electrons. The number of rotatable bonds is 4. The van der Waals surface area contributed by atoms with Gasteiger partial charge in [-0.1, -0.05) is 18.5 Å². The van der Waals surface area contributed by atoms with Crippen LogP contribution in [0.3, 0.4) is 0 Å². The lowest BCUT2D eigenvalue weighted by Gasteiger charge is -2.38. The average molecular weight is 349 g/mol. The largest absolute Gasteiger partial charge is 0.338 e. The third-order valence-corrected chi connectivity index (χ3v) is 5.00. The Hall–Kier alpha value is -0.420. The van der Waals surface area contributed by atoms with E-state index in [1.54, 1.807) is 11.8 Å². The smallest absolute Gasteiger partial charge is 0.233 e. The molecule has 2 atom stereocenters. The van der Waals surface area contributed by atoms with Crippen molar-refractivity contribution in [2.45, 2.75) is 30.7 Å². The molecule has 0 aliphatic carbocycles. The molecule has 2 N–H and O–H groups in total. The van der Waals surface area contributed by atoms with Gasteiger partial charge in [0.05, 0.1) is 5.75 Å². The Morgan fingerprint density at radius 2 is 2.10 bits per heavy atom. The van der Waals surface area contributed by atoms with Crippen molar-refractivity contribution in [3.05, 3.63) is 29.3 Å². The fraction of sp³-hybridized carbons (Fsp3) is 0.533. The lowest BCUT2D eigenvalue weighted by Crippen LogP contribution is -2.49. The van der Waals surface area contributed by atoms with Crippen molar-refractivity contribution in [1.82, 2.24) is 4.90 Å². The highest BCUT2D eigenvalue weighted by Gasteiger charge is 2.28. The van der Waals surface area contributed by atoms with Crippen molar-refractivity contribution in [2.24, 2.45) is 11.7 Å². The number of piperidine rings is 1. The summed E-state index contributed by atoms with van der Waals surface area (Å²) in [5, 5.41) is 0.717. The molecule has 0 spiro atoms. The van der Waals surface area contributed by atoms with Gasteiger partial charge in [0, 0.05) is 29.0 Å². The number of likely N-dealkylation sites (tertiary alicyclic amines) is 1. The molecule has 0 radical (unpaired) electrons. The van der Waals surface area contributed by atoms with Gasteiger partial charge in [-0.05, 0) is 43.0 Å². The first kappa shape index (κ1) is 18.6. The molecule has 3 nitrogen and oxygen atoms in total. The SMILES string of the molecule is CC1CCN(C(=O)CSc2ccc(Cl)cc2)C(CN)C1.Cl. The van der Waals surface area contributed by atoms with Crippen LogP contribution in [0.2, 0.25) is 5.02 Å². The van der Waals surface area contributed by atoms with Crippen molar-refractivity contribution < 1.29 is 4.79 Å². The molecule has 2 unspecified atom stereocenters. The molecule has 0 aromatic heterocycles. The second kappa shape index (κ2) is 8.89. The summed E-state index contributed by atoms with van der Waals surface area (Å²) in [6.07, 6.45) is 2.10. The standard InChI is InChI=1S/C15H21ClN2OS.ClH/c1-11-6-7-18(13(8-11)9-17)15(19)10-20-14-4-2-12(16)3-5-14;/h2-5,11,13H,6-10,17H2,1H3;1H. The second-order valence-corrected chi connectivity index (χ2v) is 6.83. The second-order valence-electron chi connectivity index (χ2n) is 5.35. The normalized spacial score (nSPS) is 21.8. The summed E-state index contributed by atoms with van der Waals surface area (Å²) < 4.78 is 0. The predicted molar refractivity (Wildman–Crippen MR) is 92.4 cm³/mol. The molecule has 0 bridgehead atoms. The van der Waals surface area contributed by atoms with Gasteiger partial charge in [0.25, 0.3) is 0 Å². The number of thioether (sulfide) groups is 1. The lowest BCUT2D eigenvalue weighted by molar-refractivity contribution is -0.132. The molecule has 1 heterocycles. The summed E-state index contributed by atoms with van der Waals surface area (Å²) in [5.74, 6) is 1.32. The summed E-state index contributed by atoms with van der Waals surface area (Å²) in [7, 11) is 0. The third kappa shape index (κ3) is 5.37. The zero-order chi connectivity index (χ0) is 14.5. The van der Waals surface area contributed by atoms with Gasteiger partial charge in [0.15, 0.2) is 0 Å². The Morgan fingerprint density at radius 1 is 1.43 bits per heavy atom. The number of hydrogen-bond donors (Lipinski definition) is 1. The van der Waals surface area contributed by atoms with Gasteiger partial charge in [-0.2, -0.15) is 0 Å². The minimum Gasteiger partial charge on any atom is -0.338 e. The molecule has 1 amide bonds. The van der Waals surface area contributed by atoms with Crippen molar-refractivity contribution in [2.75, 3.05) is 18.8 Å². The van der Waals surface area contributed by atoms with Crippen molar-refractivity contribution in [3.8, 4) is 0 Å². The monoisotopic (exact) mass is 348 g/mol. The zero-order valence-electron chi connectivity index (χ0n) is 12.1. The Labute approximate surface area is 142 Å². The molecule has 1 aliphatic heterocycles. The van der Waals surface area contributed by atoms with E-state index in [-0.39, 0.29) is 24.4 Å². The molecule has 1 aromatic rings. The van der Waals surface area contributed by atoms with E-state index in [9.17, 15) is 4.79 Å². The number of nitrogens with two attached hydrogens (primary N) is 1. The summed E-state index contributed by atoms with van der Waals surface area (Å²) in [6.45, 7) is 3.62. The number of carbonyl (C=O) groups excluding carboxylic acids is 1. The first-order valence-electron chi connectivity index (χ1n) is 6.98. The maximum atomic E-state index is 12.3. The van der Waals surface area contributed by atoms with Gasteiger partial charge in [-0.15, -0.1) is 24.2 Å². The van der Waals surface area contributed by atoms with E-state index in [0.29, 0.717) is 23.2 Å². The first-order chi connectivity index (χ1) is 9.60. The minimum absolute atomic E-state index is 0. The van der Waals surface area contributed by atoms with Crippen LogP contribution < -0.4 is 5.73 Å². The fourth-order valence-corrected chi connectivity index (χ4v) is 3.47. The Bertz CT molecular complexity index is 455. The maximum Gasteiger partial charge on any atom is 0.233 e. The Kier molecular flexibility index (Phi) is 7.88. The van der Waals surface area contributed by atoms with Gasteiger partial charge in [0.2, 0.25) is 5.91 Å². The van der Waals surface area contributed by atoms with Crippen molar-refractivity contribution >= 4 is 41.7 Å². The van der Waals surface area contributed by atoms with Crippen LogP contribution in [0.15, 0.2) is 29.2 Å². The number of halogens is 2. The van der Waals surface area contributed by atoms with Gasteiger partial charge >= 0.3 is 0 Å². The molecule has 21 heavy (non-hydrogen) atoms. The van der Waals surface area contributed by atoms with Crippen LogP contribution in [0, 0.1) is 5.92 Å². The molecule has 2 rings (SSSR count). The van der Waals surface area contributed by atoms with Crippen molar-refractivity contribution in [3.63, 3.8) is 0 Å². The fourth-order valence-electron chi connectivity index (χ4n) is 2.56. The zero-order valence-corrected chi connectivity index (χ0v) is 14.5. The van der Waals surface area contributed by atoms with Gasteiger partial charge in [-0.25, -0.2) is 0 Å². The van der Waals surface area contributed by atoms with E-state index in [1.807, 2.05) is 29.2 Å². The van der Waals surface area contributed by atoms with Crippen LogP contribution in [-0.2, 0) is 4.79 Å². The first-order valence-corrected chi connectivity index (χ1v) is 8.34. The summed E-state index contributed by atoms with van der Waals surface area (Å²) >= 11 is 7.40. The number of nitrogens with zero attached hydrogens (tertiary/aromatic N) is 1. The molecule has 1 aromatic carbocycles. The quantitative estimate of drug-likeness (QED) is 0.847. The number of benzene rings is 1. The van der Waals surface area contributed by atoms with Gasteiger partial charge in [-0.3, -0.25) is 4.79 Å². The maximum absolute atomic E-state index is 12.3. The Morgan fingerprint density at radius 3 is 2.71 bits per heavy atom. The summed E-state index contributed by atoms with van der Waals surface area (Å²) in [6, 6.07) is 7.79. The van der Waals surface area contributed by atoms with E-state index in [4.69, 9.17) is 17.3 Å². The Balaban J connectivity index is 0.00000220. The highest BCUT2D eigenvalue weighted by molar-refractivity contribution is 8.00. The average Bonchev–Trinajstić information content (AvgIpc) is 2.46. The molecule has 1 fully saturated rings. The van der Waals surface area contributed by atoms with Crippen LogP contribution in [0.5, 0.6) is 0 Å². The molecular formula is C15H22Cl2N2OS. The predicted octanol–water partition coefficient (Wildman–Crippen LogP) is 3.44. The van der Waals surface area contributed by atoms with E-state index in [2.05, 4.69) is 6.92 Å². The minimum atomic E-state index is 0. The topological polar surface area (TPSA) is 46.3 Å². The third-order valence-electron chi connectivity index (χ3n) is 3.75. The highest BCUT2D eigenvalue weighted by atomic mass is 35.5. The van der Waals surface area contributed by atoms with Crippen LogP contribution >= 0.6 is 35.8 Å². The molecule has 1 saturated heterocycles. The molecule has 6 heteroatoms. The van der Waals surface area contributed by atoms with Crippen molar-refractivity contribution in [1.29, 1.82) is 0 Å². The number of carbonyl (C=O) groups is 1. The highest BCUT2D eigenvalue weighted by Crippen LogP contribution is 2.25. The van der Waals surface area contributed by atoms with Crippen LogP contribution in [0.1, 0.15) is 19.8 Å². The molecule has 1 aliphatic rings. The summed E-state index contributed by atoms with van der Waals surface area (Å²) in [5.41, 5.74) is 5.80. The number of hydrogen-bond acceptors (Lipinski definition) is 3. The van der Waals surface area contributed by atoms with Gasteiger partial charge < -0.3 is 10.6 Å². The van der Waals surface area contributed by atoms with E-state index in [0.717, 1.165) is 24.3 Å². The van der Waals surface area contributed by atoms with Crippen LogP contribution in [-0.4, -0.2) is 35.7 Å². The van der Waals surface area contributed by atoms with E-state index < -0.39 is 0 Å². The molecular weight excluding hydrogens is 327 g/mol. The van der Waals surface area contributed by atoms with Gasteiger partial charge in [0.1, 0.15) is 0 Å². The van der Waals surface area contributed by atoms with E-state index >= 15 is 0 Å². The molecule has 0 saturated carbocycles. The van der Waals surface area contributed by atoms with Crippen LogP contribution in [0.4, 0.5) is 0 Å². The van der Waals surface area contributed by atoms with Crippen LogP contribution in [0.25, 0.3) is 0 Å². The van der Waals surface area contributed by atoms with E-state index in [1.165, 1.54) is 0 Å².